The lowest BCUT2D eigenvalue weighted by Gasteiger charge is -2.24. The molecule has 1 atom stereocenters. The van der Waals surface area contributed by atoms with Crippen LogP contribution in [-0.2, 0) is 0 Å². The number of β-amino-alcohol motifs (C(OH)–C–C–N with tert-alkyl or cyclic N) is 1. The first kappa shape index (κ1) is 19.8. The highest BCUT2D eigenvalue weighted by Gasteiger charge is 2.24. The van der Waals surface area contributed by atoms with Crippen molar-refractivity contribution >= 4 is 23.2 Å². The maximum Gasteiger partial charge on any atom is 0.255 e. The SMILES string of the molecule is CNc1cc(OC)c(C(=O)NC2CN(C)CCN(CCO)C2)cc1Cl. The Balaban J connectivity index is 2.15. The van der Waals surface area contributed by atoms with Crippen molar-refractivity contribution in [1.82, 2.24) is 15.1 Å². The van der Waals surface area contributed by atoms with E-state index in [9.17, 15) is 9.90 Å². The third-order valence-corrected chi connectivity index (χ3v) is 4.68. The number of hydrogen-bond acceptors (Lipinski definition) is 6. The molecule has 1 aromatic rings. The molecular weight excluding hydrogens is 344 g/mol. The predicted molar refractivity (Wildman–Crippen MR) is 99.8 cm³/mol. The topological polar surface area (TPSA) is 77.1 Å². The fourth-order valence-electron chi connectivity index (χ4n) is 3.03. The standard InChI is InChI=1S/C17H27ClN4O3/c1-19-15-9-16(25-3)13(8-14(15)18)17(24)20-12-10-21(2)4-5-22(11-12)6-7-23/h8-9,12,19,23H,4-7,10-11H2,1-3H3,(H,20,24). The van der Waals surface area contributed by atoms with E-state index in [0.29, 0.717) is 35.1 Å². The smallest absolute Gasteiger partial charge is 0.255 e. The van der Waals surface area contributed by atoms with Crippen LogP contribution < -0.4 is 15.4 Å². The zero-order valence-corrected chi connectivity index (χ0v) is 15.8. The minimum absolute atomic E-state index is 0.0426. The van der Waals surface area contributed by atoms with Crippen molar-refractivity contribution in [2.75, 3.05) is 65.9 Å². The molecule has 0 saturated carbocycles. The monoisotopic (exact) mass is 370 g/mol. The van der Waals surface area contributed by atoms with Gasteiger partial charge in [-0.05, 0) is 13.1 Å². The van der Waals surface area contributed by atoms with E-state index < -0.39 is 0 Å². The van der Waals surface area contributed by atoms with Crippen molar-refractivity contribution in [3.63, 3.8) is 0 Å². The minimum Gasteiger partial charge on any atom is -0.496 e. The zero-order valence-electron chi connectivity index (χ0n) is 15.0. The Hall–Kier alpha value is -1.54. The van der Waals surface area contributed by atoms with Crippen LogP contribution in [-0.4, -0.2) is 87.4 Å². The molecule has 25 heavy (non-hydrogen) atoms. The van der Waals surface area contributed by atoms with Crippen LogP contribution >= 0.6 is 11.6 Å². The highest BCUT2D eigenvalue weighted by Crippen LogP contribution is 2.30. The van der Waals surface area contributed by atoms with E-state index in [0.717, 1.165) is 19.6 Å². The lowest BCUT2D eigenvalue weighted by atomic mass is 10.1. The van der Waals surface area contributed by atoms with Gasteiger partial charge in [-0.15, -0.1) is 0 Å². The molecule has 3 N–H and O–H groups in total. The molecule has 0 radical (unpaired) electrons. The van der Waals surface area contributed by atoms with Crippen LogP contribution in [0.2, 0.25) is 5.02 Å². The Kier molecular flexibility index (Phi) is 7.31. The maximum atomic E-state index is 12.8. The summed E-state index contributed by atoms with van der Waals surface area (Å²) in [6, 6.07) is 3.29. The number of likely N-dealkylation sites (N-methyl/N-ethyl adjacent to an activating group) is 1. The van der Waals surface area contributed by atoms with Gasteiger partial charge in [-0.1, -0.05) is 11.6 Å². The number of rotatable bonds is 6. The summed E-state index contributed by atoms with van der Waals surface area (Å²) < 4.78 is 5.35. The number of anilines is 1. The van der Waals surface area contributed by atoms with Crippen LogP contribution in [0.5, 0.6) is 5.75 Å². The number of carbonyl (C=O) groups is 1. The van der Waals surface area contributed by atoms with Crippen molar-refractivity contribution in [2.24, 2.45) is 0 Å². The lowest BCUT2D eigenvalue weighted by Crippen LogP contribution is -2.46. The van der Waals surface area contributed by atoms with Crippen LogP contribution in [0.3, 0.4) is 0 Å². The van der Waals surface area contributed by atoms with Crippen LogP contribution in [0.4, 0.5) is 5.69 Å². The summed E-state index contributed by atoms with van der Waals surface area (Å²) in [6.45, 7) is 3.93. The number of benzene rings is 1. The molecule has 1 amide bonds. The van der Waals surface area contributed by atoms with E-state index in [1.807, 2.05) is 7.05 Å². The van der Waals surface area contributed by atoms with Gasteiger partial charge in [-0.2, -0.15) is 0 Å². The van der Waals surface area contributed by atoms with E-state index >= 15 is 0 Å². The quantitative estimate of drug-likeness (QED) is 0.685. The molecular formula is C17H27ClN4O3. The molecule has 2 rings (SSSR count). The summed E-state index contributed by atoms with van der Waals surface area (Å²) in [5.74, 6) is 0.256. The normalized spacial score (nSPS) is 19.3. The molecule has 0 aliphatic carbocycles. The number of carbonyl (C=O) groups excluding carboxylic acids is 1. The lowest BCUT2D eigenvalue weighted by molar-refractivity contribution is 0.0919. The third-order valence-electron chi connectivity index (χ3n) is 4.36. The minimum atomic E-state index is -0.217. The van der Waals surface area contributed by atoms with Crippen molar-refractivity contribution < 1.29 is 14.6 Å². The molecule has 1 saturated heterocycles. The molecule has 0 aromatic heterocycles. The summed E-state index contributed by atoms with van der Waals surface area (Å²) >= 11 is 6.22. The van der Waals surface area contributed by atoms with Gasteiger partial charge in [0.05, 0.1) is 36.0 Å². The number of nitrogens with one attached hydrogen (secondary N) is 2. The van der Waals surface area contributed by atoms with E-state index in [1.165, 1.54) is 7.11 Å². The fourth-order valence-corrected chi connectivity index (χ4v) is 3.29. The highest BCUT2D eigenvalue weighted by molar-refractivity contribution is 6.33. The summed E-state index contributed by atoms with van der Waals surface area (Å²) in [6.07, 6.45) is 0. The van der Waals surface area contributed by atoms with E-state index in [4.69, 9.17) is 16.3 Å². The van der Waals surface area contributed by atoms with Crippen LogP contribution in [0.1, 0.15) is 10.4 Å². The molecule has 8 heteroatoms. The summed E-state index contributed by atoms with van der Waals surface area (Å²) in [7, 11) is 5.32. The van der Waals surface area contributed by atoms with Gasteiger partial charge < -0.3 is 25.4 Å². The molecule has 1 fully saturated rings. The summed E-state index contributed by atoms with van der Waals surface area (Å²) in [5.41, 5.74) is 1.12. The van der Waals surface area contributed by atoms with E-state index in [2.05, 4.69) is 20.4 Å². The Labute approximate surface area is 153 Å². The molecule has 1 heterocycles. The van der Waals surface area contributed by atoms with Gasteiger partial charge in [0, 0.05) is 45.8 Å². The van der Waals surface area contributed by atoms with Gasteiger partial charge in [-0.25, -0.2) is 0 Å². The molecule has 7 nitrogen and oxygen atoms in total. The molecule has 0 spiro atoms. The molecule has 1 aliphatic rings. The second-order valence-corrected chi connectivity index (χ2v) is 6.65. The van der Waals surface area contributed by atoms with Crippen molar-refractivity contribution in [3.8, 4) is 5.75 Å². The van der Waals surface area contributed by atoms with Gasteiger partial charge in [-0.3, -0.25) is 9.69 Å². The second kappa shape index (κ2) is 9.24. The van der Waals surface area contributed by atoms with Gasteiger partial charge in [0.2, 0.25) is 0 Å². The first-order valence-electron chi connectivity index (χ1n) is 8.36. The Morgan fingerprint density at radius 1 is 1.40 bits per heavy atom. The van der Waals surface area contributed by atoms with Gasteiger partial charge in [0.15, 0.2) is 0 Å². The summed E-state index contributed by atoms with van der Waals surface area (Å²) in [5, 5.41) is 15.7. The number of methoxy groups -OCH3 is 1. The summed E-state index contributed by atoms with van der Waals surface area (Å²) in [4.78, 5) is 17.1. The number of amides is 1. The first-order valence-corrected chi connectivity index (χ1v) is 8.74. The van der Waals surface area contributed by atoms with Gasteiger partial charge >= 0.3 is 0 Å². The molecule has 1 aromatic carbocycles. The average molecular weight is 371 g/mol. The largest absolute Gasteiger partial charge is 0.496 e. The predicted octanol–water partition coefficient (Wildman–Crippen LogP) is 0.728. The number of hydrogen-bond donors (Lipinski definition) is 3. The first-order chi connectivity index (χ1) is 12.0. The highest BCUT2D eigenvalue weighted by atomic mass is 35.5. The number of halogens is 1. The molecule has 1 aliphatic heterocycles. The number of ether oxygens (including phenoxy) is 1. The number of nitrogens with zero attached hydrogens (tertiary/aromatic N) is 2. The Morgan fingerprint density at radius 2 is 2.16 bits per heavy atom. The second-order valence-electron chi connectivity index (χ2n) is 6.24. The van der Waals surface area contributed by atoms with E-state index in [-0.39, 0.29) is 18.6 Å². The average Bonchev–Trinajstić information content (AvgIpc) is 2.76. The molecule has 0 bridgehead atoms. The Bertz CT molecular complexity index is 600. The number of aliphatic hydroxyl groups excluding tert-OH is 1. The fraction of sp³-hybridized carbons (Fsp3) is 0.588. The number of aliphatic hydroxyl groups is 1. The zero-order chi connectivity index (χ0) is 18.4. The molecule has 1 unspecified atom stereocenters. The third kappa shape index (κ3) is 5.22. The Morgan fingerprint density at radius 3 is 2.80 bits per heavy atom. The van der Waals surface area contributed by atoms with Crippen molar-refractivity contribution in [1.29, 1.82) is 0 Å². The van der Waals surface area contributed by atoms with Crippen LogP contribution in [0.15, 0.2) is 12.1 Å². The van der Waals surface area contributed by atoms with Crippen LogP contribution in [0, 0.1) is 0 Å². The van der Waals surface area contributed by atoms with Gasteiger partial charge in [0.25, 0.3) is 5.91 Å². The van der Waals surface area contributed by atoms with E-state index in [1.54, 1.807) is 19.2 Å². The van der Waals surface area contributed by atoms with Gasteiger partial charge in [0.1, 0.15) is 5.75 Å². The molecule has 140 valence electrons. The van der Waals surface area contributed by atoms with Crippen molar-refractivity contribution in [3.05, 3.63) is 22.7 Å². The van der Waals surface area contributed by atoms with Crippen LogP contribution in [0.25, 0.3) is 0 Å². The maximum absolute atomic E-state index is 12.8. The van der Waals surface area contributed by atoms with Crippen molar-refractivity contribution in [2.45, 2.75) is 6.04 Å².